The van der Waals surface area contributed by atoms with Crippen LogP contribution in [0, 0.1) is 19.7 Å². The molecule has 0 saturated carbocycles. The molecule has 6 heteroatoms. The van der Waals surface area contributed by atoms with Gasteiger partial charge in [-0.1, -0.05) is 6.92 Å². The molecule has 2 atom stereocenters. The molecule has 1 aliphatic heterocycles. The molecule has 2 unspecified atom stereocenters. The summed E-state index contributed by atoms with van der Waals surface area (Å²) >= 11 is 0. The highest BCUT2D eigenvalue weighted by molar-refractivity contribution is 7.89. The molecule has 0 bridgehead atoms. The Morgan fingerprint density at radius 3 is 2.43 bits per heavy atom. The fraction of sp³-hybridized carbons (Fsp3) is 0.600. The second-order valence-electron chi connectivity index (χ2n) is 5.65. The molecule has 21 heavy (non-hydrogen) atoms. The van der Waals surface area contributed by atoms with E-state index in [-0.39, 0.29) is 17.0 Å². The lowest BCUT2D eigenvalue weighted by atomic mass is 10.1. The Bertz CT molecular complexity index is 607. The van der Waals surface area contributed by atoms with Crippen LogP contribution in [0.4, 0.5) is 4.39 Å². The molecule has 0 aliphatic carbocycles. The zero-order chi connectivity index (χ0) is 15.8. The van der Waals surface area contributed by atoms with Crippen molar-refractivity contribution in [1.82, 2.24) is 4.31 Å². The number of benzene rings is 1. The Hall–Kier alpha value is -0.980. The Morgan fingerprint density at radius 2 is 1.90 bits per heavy atom. The molecule has 1 aliphatic rings. The van der Waals surface area contributed by atoms with Crippen LogP contribution in [0.3, 0.4) is 0 Å². The zero-order valence-electron chi connectivity index (χ0n) is 12.9. The monoisotopic (exact) mass is 315 g/mol. The molecule has 1 aromatic carbocycles. The van der Waals surface area contributed by atoms with Crippen molar-refractivity contribution in [3.05, 3.63) is 29.1 Å². The molecule has 0 spiro atoms. The highest BCUT2D eigenvalue weighted by atomic mass is 32.2. The van der Waals surface area contributed by atoms with Gasteiger partial charge in [0.05, 0.1) is 17.6 Å². The number of aryl methyl sites for hydroxylation is 2. The lowest BCUT2D eigenvalue weighted by Gasteiger charge is -2.37. The molecule has 0 aromatic heterocycles. The van der Waals surface area contributed by atoms with E-state index in [1.165, 1.54) is 16.4 Å². The molecular formula is C15H22FNO3S. The predicted octanol–water partition coefficient (Wildman–Crippen LogP) is 2.63. The van der Waals surface area contributed by atoms with Crippen LogP contribution < -0.4 is 0 Å². The van der Waals surface area contributed by atoms with Gasteiger partial charge in [-0.2, -0.15) is 4.31 Å². The molecule has 1 fully saturated rings. The van der Waals surface area contributed by atoms with Crippen molar-refractivity contribution >= 4 is 10.0 Å². The first-order valence-corrected chi connectivity index (χ1v) is 8.61. The molecule has 4 nitrogen and oxygen atoms in total. The van der Waals surface area contributed by atoms with Gasteiger partial charge in [-0.3, -0.25) is 0 Å². The Kier molecular flexibility index (Phi) is 4.70. The maximum Gasteiger partial charge on any atom is 0.244 e. The van der Waals surface area contributed by atoms with E-state index in [4.69, 9.17) is 4.74 Å². The van der Waals surface area contributed by atoms with E-state index < -0.39 is 15.8 Å². The van der Waals surface area contributed by atoms with Crippen LogP contribution in [-0.4, -0.2) is 38.0 Å². The van der Waals surface area contributed by atoms with Crippen molar-refractivity contribution in [3.8, 4) is 0 Å². The molecule has 2 rings (SSSR count). The first kappa shape index (κ1) is 16.4. The van der Waals surface area contributed by atoms with Crippen LogP contribution in [0.5, 0.6) is 0 Å². The average Bonchev–Trinajstić information content (AvgIpc) is 2.37. The van der Waals surface area contributed by atoms with Gasteiger partial charge in [0.1, 0.15) is 5.82 Å². The summed E-state index contributed by atoms with van der Waals surface area (Å²) in [5.41, 5.74) is 0.892. The summed E-state index contributed by atoms with van der Waals surface area (Å²) in [5, 5.41) is 0. The standard InChI is InChI=1S/C15H22FNO3S/c1-5-14-9-20-12(4)8-17(14)21(18,19)15-10(2)6-13(16)7-11(15)3/h6-7,12,14H,5,8-9H2,1-4H3. The van der Waals surface area contributed by atoms with Crippen molar-refractivity contribution in [2.45, 2.75) is 51.2 Å². The van der Waals surface area contributed by atoms with Gasteiger partial charge >= 0.3 is 0 Å². The summed E-state index contributed by atoms with van der Waals surface area (Å²) in [7, 11) is -3.65. The minimum absolute atomic E-state index is 0.136. The minimum Gasteiger partial charge on any atom is -0.375 e. The number of halogens is 1. The van der Waals surface area contributed by atoms with E-state index in [1.807, 2.05) is 13.8 Å². The molecule has 1 saturated heterocycles. The molecule has 0 N–H and O–H groups in total. The van der Waals surface area contributed by atoms with Gasteiger partial charge in [0.15, 0.2) is 0 Å². The molecule has 1 heterocycles. The summed E-state index contributed by atoms with van der Waals surface area (Å²) in [6, 6.07) is 2.37. The maximum absolute atomic E-state index is 13.4. The first-order valence-electron chi connectivity index (χ1n) is 7.17. The van der Waals surface area contributed by atoms with Gasteiger partial charge in [0.2, 0.25) is 10.0 Å². The molecule has 118 valence electrons. The van der Waals surface area contributed by atoms with Gasteiger partial charge < -0.3 is 4.74 Å². The predicted molar refractivity (Wildman–Crippen MR) is 79.3 cm³/mol. The van der Waals surface area contributed by atoms with Crippen molar-refractivity contribution in [1.29, 1.82) is 0 Å². The number of nitrogens with zero attached hydrogens (tertiary/aromatic N) is 1. The largest absolute Gasteiger partial charge is 0.375 e. The first-order chi connectivity index (χ1) is 9.77. The Morgan fingerprint density at radius 1 is 1.33 bits per heavy atom. The number of rotatable bonds is 3. The number of ether oxygens (including phenoxy) is 1. The lowest BCUT2D eigenvalue weighted by molar-refractivity contribution is -0.0230. The number of sulfonamides is 1. The highest BCUT2D eigenvalue weighted by Gasteiger charge is 2.37. The number of hydrogen-bond donors (Lipinski definition) is 0. The van der Waals surface area contributed by atoms with E-state index in [2.05, 4.69) is 0 Å². The second-order valence-corrected chi connectivity index (χ2v) is 7.48. The van der Waals surface area contributed by atoms with E-state index in [0.717, 1.165) is 0 Å². The number of morpholine rings is 1. The van der Waals surface area contributed by atoms with Crippen LogP contribution in [0.25, 0.3) is 0 Å². The SMILES string of the molecule is CCC1COC(C)CN1S(=O)(=O)c1c(C)cc(F)cc1C. The third kappa shape index (κ3) is 3.12. The van der Waals surface area contributed by atoms with Crippen molar-refractivity contribution in [3.63, 3.8) is 0 Å². The summed E-state index contributed by atoms with van der Waals surface area (Å²) in [6.45, 7) is 7.80. The molecule has 0 amide bonds. The van der Waals surface area contributed by atoms with Crippen LogP contribution in [0.15, 0.2) is 17.0 Å². The fourth-order valence-corrected chi connectivity index (χ4v) is 5.03. The van der Waals surface area contributed by atoms with E-state index in [1.54, 1.807) is 13.8 Å². The lowest BCUT2D eigenvalue weighted by Crippen LogP contribution is -2.51. The second kappa shape index (κ2) is 6.02. The molecular weight excluding hydrogens is 293 g/mol. The highest BCUT2D eigenvalue weighted by Crippen LogP contribution is 2.29. The van der Waals surface area contributed by atoms with Crippen LogP contribution >= 0.6 is 0 Å². The Balaban J connectivity index is 2.50. The van der Waals surface area contributed by atoms with Gasteiger partial charge in [-0.25, -0.2) is 12.8 Å². The normalized spacial score (nSPS) is 24.2. The van der Waals surface area contributed by atoms with Crippen molar-refractivity contribution in [2.24, 2.45) is 0 Å². The summed E-state index contributed by atoms with van der Waals surface area (Å²) in [5.74, 6) is -0.411. The average molecular weight is 315 g/mol. The zero-order valence-corrected chi connectivity index (χ0v) is 13.7. The number of hydrogen-bond acceptors (Lipinski definition) is 3. The summed E-state index contributed by atoms with van der Waals surface area (Å²) in [6.07, 6.45) is 0.550. The van der Waals surface area contributed by atoms with Crippen molar-refractivity contribution in [2.75, 3.05) is 13.2 Å². The van der Waals surface area contributed by atoms with Gasteiger partial charge in [-0.15, -0.1) is 0 Å². The van der Waals surface area contributed by atoms with Crippen LogP contribution in [0.1, 0.15) is 31.4 Å². The van der Waals surface area contributed by atoms with E-state index in [0.29, 0.717) is 30.7 Å². The Labute approximate surface area is 126 Å². The van der Waals surface area contributed by atoms with Gasteiger partial charge in [0.25, 0.3) is 0 Å². The van der Waals surface area contributed by atoms with Gasteiger partial charge in [0, 0.05) is 12.6 Å². The quantitative estimate of drug-likeness (QED) is 0.861. The van der Waals surface area contributed by atoms with Crippen molar-refractivity contribution < 1.29 is 17.5 Å². The van der Waals surface area contributed by atoms with E-state index in [9.17, 15) is 12.8 Å². The smallest absolute Gasteiger partial charge is 0.244 e. The third-order valence-corrected chi connectivity index (χ3v) is 6.11. The molecule has 0 radical (unpaired) electrons. The maximum atomic E-state index is 13.4. The third-order valence-electron chi connectivity index (χ3n) is 3.88. The minimum atomic E-state index is -3.65. The molecule has 1 aromatic rings. The van der Waals surface area contributed by atoms with Crippen LogP contribution in [-0.2, 0) is 14.8 Å². The fourth-order valence-electron chi connectivity index (χ4n) is 2.85. The van der Waals surface area contributed by atoms with Gasteiger partial charge in [-0.05, 0) is 50.5 Å². The topological polar surface area (TPSA) is 46.6 Å². The summed E-state index contributed by atoms with van der Waals surface area (Å²) < 4.78 is 46.5. The summed E-state index contributed by atoms with van der Waals surface area (Å²) in [4.78, 5) is 0.219. The van der Waals surface area contributed by atoms with E-state index >= 15 is 0 Å². The van der Waals surface area contributed by atoms with Crippen LogP contribution in [0.2, 0.25) is 0 Å².